The molecule has 35 heavy (non-hydrogen) atoms. The van der Waals surface area contributed by atoms with Crippen LogP contribution in [0.25, 0.3) is 0 Å². The van der Waals surface area contributed by atoms with Crippen molar-refractivity contribution < 1.29 is 23.9 Å². The molecule has 0 saturated heterocycles. The molecule has 0 aromatic heterocycles. The summed E-state index contributed by atoms with van der Waals surface area (Å²) in [6.45, 7) is 8.14. The standard InChI is InChI=1S/C25H28N4O5S/c1-5-34-21(31)15-14-20(30)27-24(35)29-28-23(33)17-8-12-19(13-9-17)26-22(32)16-6-10-18(11-7-16)25(2,3)4/h6-15H,5H2,1-4H3,(H,26,32)(H,28,33)(H2,27,29,30,35). The predicted octanol–water partition coefficient (Wildman–Crippen LogP) is 2.99. The van der Waals surface area contributed by atoms with Crippen LogP contribution in [0.1, 0.15) is 54.0 Å². The molecule has 2 rings (SSSR count). The number of amides is 3. The number of ether oxygens (including phenoxy) is 1. The summed E-state index contributed by atoms with van der Waals surface area (Å²) in [5.41, 5.74) is 7.20. The van der Waals surface area contributed by atoms with Crippen molar-refractivity contribution in [1.29, 1.82) is 0 Å². The lowest BCUT2D eigenvalue weighted by Gasteiger charge is -2.19. The maximum atomic E-state index is 12.5. The number of anilines is 1. The van der Waals surface area contributed by atoms with Crippen LogP contribution < -0.4 is 21.5 Å². The van der Waals surface area contributed by atoms with Crippen molar-refractivity contribution in [3.63, 3.8) is 0 Å². The summed E-state index contributed by atoms with van der Waals surface area (Å²) in [5.74, 6) is -2.10. The van der Waals surface area contributed by atoms with Gasteiger partial charge < -0.3 is 10.1 Å². The maximum absolute atomic E-state index is 12.5. The van der Waals surface area contributed by atoms with E-state index in [-0.39, 0.29) is 23.0 Å². The van der Waals surface area contributed by atoms with E-state index in [0.29, 0.717) is 16.8 Å². The van der Waals surface area contributed by atoms with Gasteiger partial charge in [0.25, 0.3) is 11.8 Å². The Morgan fingerprint density at radius 1 is 0.857 bits per heavy atom. The lowest BCUT2D eigenvalue weighted by molar-refractivity contribution is -0.137. The third-order valence-corrected chi connectivity index (χ3v) is 4.81. The van der Waals surface area contributed by atoms with Crippen LogP contribution in [0.3, 0.4) is 0 Å². The Hall–Kier alpha value is -4.05. The lowest BCUT2D eigenvalue weighted by atomic mass is 9.87. The van der Waals surface area contributed by atoms with Gasteiger partial charge >= 0.3 is 5.97 Å². The van der Waals surface area contributed by atoms with E-state index in [0.717, 1.165) is 17.7 Å². The molecule has 10 heteroatoms. The fourth-order valence-corrected chi connectivity index (χ4v) is 2.89. The van der Waals surface area contributed by atoms with Crippen molar-refractivity contribution in [3.05, 3.63) is 77.4 Å². The van der Waals surface area contributed by atoms with Crippen LogP contribution in [-0.4, -0.2) is 35.4 Å². The molecule has 3 amide bonds. The molecule has 0 heterocycles. The zero-order valence-electron chi connectivity index (χ0n) is 19.9. The highest BCUT2D eigenvalue weighted by molar-refractivity contribution is 7.80. The SMILES string of the molecule is CCOC(=O)C=CC(=O)NC(=S)NNC(=O)c1ccc(NC(=O)c2ccc(C(C)(C)C)cc2)cc1. The van der Waals surface area contributed by atoms with Gasteiger partial charge in [0, 0.05) is 29.0 Å². The Morgan fingerprint density at radius 2 is 1.43 bits per heavy atom. The van der Waals surface area contributed by atoms with Crippen LogP contribution in [0.15, 0.2) is 60.7 Å². The molecule has 0 saturated carbocycles. The van der Waals surface area contributed by atoms with Gasteiger partial charge in [-0.05, 0) is 66.5 Å². The van der Waals surface area contributed by atoms with Crippen molar-refractivity contribution in [2.75, 3.05) is 11.9 Å². The van der Waals surface area contributed by atoms with Gasteiger partial charge in [0.2, 0.25) is 5.91 Å². The third-order valence-electron chi connectivity index (χ3n) is 4.60. The molecule has 0 unspecified atom stereocenters. The van der Waals surface area contributed by atoms with Gasteiger partial charge in [-0.2, -0.15) is 0 Å². The minimum atomic E-state index is -0.669. The van der Waals surface area contributed by atoms with Gasteiger partial charge in [-0.15, -0.1) is 0 Å². The van der Waals surface area contributed by atoms with E-state index >= 15 is 0 Å². The first-order valence-electron chi connectivity index (χ1n) is 10.8. The molecule has 0 bridgehead atoms. The van der Waals surface area contributed by atoms with Gasteiger partial charge in [0.05, 0.1) is 6.61 Å². The topological polar surface area (TPSA) is 126 Å². The van der Waals surface area contributed by atoms with Crippen molar-refractivity contribution in [2.45, 2.75) is 33.1 Å². The number of carbonyl (C=O) groups is 4. The minimum Gasteiger partial charge on any atom is -0.463 e. The lowest BCUT2D eigenvalue weighted by Crippen LogP contribution is -2.48. The molecular weight excluding hydrogens is 468 g/mol. The summed E-state index contributed by atoms with van der Waals surface area (Å²) in [5, 5.41) is 4.89. The van der Waals surface area contributed by atoms with Gasteiger partial charge in [-0.25, -0.2) is 4.79 Å². The van der Waals surface area contributed by atoms with Crippen molar-refractivity contribution >= 4 is 46.7 Å². The highest BCUT2D eigenvalue weighted by Gasteiger charge is 2.14. The number of esters is 1. The number of hydrazine groups is 1. The summed E-state index contributed by atoms with van der Waals surface area (Å²) in [6, 6.07) is 13.7. The average Bonchev–Trinajstić information content (AvgIpc) is 2.81. The zero-order valence-corrected chi connectivity index (χ0v) is 20.7. The van der Waals surface area contributed by atoms with E-state index in [1.54, 1.807) is 31.2 Å². The molecule has 0 aliphatic carbocycles. The molecular formula is C25H28N4O5S. The summed E-state index contributed by atoms with van der Waals surface area (Å²) >= 11 is 4.92. The van der Waals surface area contributed by atoms with Crippen LogP contribution >= 0.6 is 12.2 Å². The first kappa shape index (κ1) is 27.2. The molecule has 0 aliphatic rings. The first-order valence-corrected chi connectivity index (χ1v) is 11.2. The zero-order chi connectivity index (χ0) is 26.0. The summed E-state index contributed by atoms with van der Waals surface area (Å²) in [7, 11) is 0. The summed E-state index contributed by atoms with van der Waals surface area (Å²) < 4.78 is 4.66. The fraction of sp³-hybridized carbons (Fsp3) is 0.240. The van der Waals surface area contributed by atoms with E-state index < -0.39 is 17.8 Å². The second-order valence-corrected chi connectivity index (χ2v) is 8.75. The number of benzene rings is 2. The molecule has 9 nitrogen and oxygen atoms in total. The van der Waals surface area contributed by atoms with Crippen LogP contribution in [0, 0.1) is 0 Å². The quantitative estimate of drug-likeness (QED) is 0.210. The van der Waals surface area contributed by atoms with Crippen LogP contribution in [0.4, 0.5) is 5.69 Å². The number of hydrogen-bond acceptors (Lipinski definition) is 6. The molecule has 2 aromatic rings. The van der Waals surface area contributed by atoms with E-state index in [1.165, 1.54) is 12.1 Å². The van der Waals surface area contributed by atoms with E-state index in [1.807, 2.05) is 12.1 Å². The monoisotopic (exact) mass is 496 g/mol. The Labute approximate surface area is 209 Å². The number of nitrogens with one attached hydrogen (secondary N) is 4. The molecule has 184 valence electrons. The minimum absolute atomic E-state index is 0.00322. The second-order valence-electron chi connectivity index (χ2n) is 8.34. The Morgan fingerprint density at radius 3 is 2.00 bits per heavy atom. The molecule has 0 fully saturated rings. The molecule has 0 spiro atoms. The van der Waals surface area contributed by atoms with Gasteiger partial charge in [-0.3, -0.25) is 30.6 Å². The van der Waals surface area contributed by atoms with Gasteiger partial charge in [0.15, 0.2) is 5.11 Å². The van der Waals surface area contributed by atoms with Crippen molar-refractivity contribution in [2.24, 2.45) is 0 Å². The largest absolute Gasteiger partial charge is 0.463 e. The molecule has 4 N–H and O–H groups in total. The number of rotatable bonds is 6. The van der Waals surface area contributed by atoms with Crippen molar-refractivity contribution in [1.82, 2.24) is 16.2 Å². The number of thiocarbonyl (C=S) groups is 1. The number of hydrogen-bond donors (Lipinski definition) is 4. The Balaban J connectivity index is 1.84. The second kappa shape index (κ2) is 12.4. The van der Waals surface area contributed by atoms with E-state index in [9.17, 15) is 19.2 Å². The van der Waals surface area contributed by atoms with Gasteiger partial charge in [-0.1, -0.05) is 32.9 Å². The van der Waals surface area contributed by atoms with Gasteiger partial charge in [0.1, 0.15) is 0 Å². The molecule has 2 aromatic carbocycles. The highest BCUT2D eigenvalue weighted by Crippen LogP contribution is 2.22. The molecule has 0 atom stereocenters. The van der Waals surface area contributed by atoms with E-state index in [4.69, 9.17) is 12.2 Å². The summed E-state index contributed by atoms with van der Waals surface area (Å²) in [4.78, 5) is 47.6. The van der Waals surface area contributed by atoms with Crippen LogP contribution in [0.5, 0.6) is 0 Å². The third kappa shape index (κ3) is 9.01. The first-order chi connectivity index (χ1) is 16.5. The van der Waals surface area contributed by atoms with Crippen molar-refractivity contribution in [3.8, 4) is 0 Å². The Kier molecular flexibility index (Phi) is 9.65. The Bertz CT molecular complexity index is 1120. The highest BCUT2D eigenvalue weighted by atomic mass is 32.1. The smallest absolute Gasteiger partial charge is 0.330 e. The fourth-order valence-electron chi connectivity index (χ4n) is 2.73. The maximum Gasteiger partial charge on any atom is 0.330 e. The normalized spacial score (nSPS) is 10.9. The average molecular weight is 497 g/mol. The predicted molar refractivity (Wildman–Crippen MR) is 137 cm³/mol. The summed E-state index contributed by atoms with van der Waals surface area (Å²) in [6.07, 6.45) is 1.92. The van der Waals surface area contributed by atoms with E-state index in [2.05, 4.69) is 47.0 Å². The van der Waals surface area contributed by atoms with Crippen LogP contribution in [0.2, 0.25) is 0 Å². The molecule has 0 radical (unpaired) electrons. The van der Waals surface area contributed by atoms with Crippen LogP contribution in [-0.2, 0) is 19.7 Å². The molecule has 0 aliphatic heterocycles. The number of carbonyl (C=O) groups excluding carboxylic acids is 4.